The normalized spacial score (nSPS) is 20.6. The second-order valence-electron chi connectivity index (χ2n) is 6.93. The van der Waals surface area contributed by atoms with Crippen molar-refractivity contribution in [3.8, 4) is 5.82 Å². The van der Waals surface area contributed by atoms with Gasteiger partial charge in [-0.3, -0.25) is 9.48 Å². The Bertz CT molecular complexity index is 908. The number of carbonyl (C=O) groups is 1. The number of imidazole rings is 1. The first-order chi connectivity index (χ1) is 12.5. The molecule has 1 saturated heterocycles. The van der Waals surface area contributed by atoms with E-state index in [0.717, 1.165) is 24.6 Å². The molecule has 0 bridgehead atoms. The fourth-order valence-corrected chi connectivity index (χ4v) is 3.79. The van der Waals surface area contributed by atoms with Crippen LogP contribution >= 0.6 is 0 Å². The van der Waals surface area contributed by atoms with Crippen LogP contribution < -0.4 is 5.32 Å². The summed E-state index contributed by atoms with van der Waals surface area (Å²) in [5.74, 6) is 0.869. The summed E-state index contributed by atoms with van der Waals surface area (Å²) in [4.78, 5) is 19.5. The zero-order valence-corrected chi connectivity index (χ0v) is 15.2. The highest BCUT2D eigenvalue weighted by Crippen LogP contribution is 2.27. The number of nitrogens with zero attached hydrogens (tertiary/aromatic N) is 6. The summed E-state index contributed by atoms with van der Waals surface area (Å²) >= 11 is 0. The number of amides is 1. The Morgan fingerprint density at radius 1 is 1.15 bits per heavy atom. The van der Waals surface area contributed by atoms with E-state index in [9.17, 15) is 4.79 Å². The van der Waals surface area contributed by atoms with E-state index in [1.54, 1.807) is 17.2 Å². The van der Waals surface area contributed by atoms with Crippen LogP contribution in [0.15, 0.2) is 43.2 Å². The number of hydrogen-bond acceptors (Lipinski definition) is 4. The fourth-order valence-electron chi connectivity index (χ4n) is 3.79. The van der Waals surface area contributed by atoms with Gasteiger partial charge in [-0.1, -0.05) is 0 Å². The van der Waals surface area contributed by atoms with Gasteiger partial charge in [0.25, 0.3) is 5.91 Å². The van der Waals surface area contributed by atoms with Gasteiger partial charge in [0.05, 0.1) is 18.6 Å². The molecule has 0 saturated carbocycles. The lowest BCUT2D eigenvalue weighted by Crippen LogP contribution is -2.40. The summed E-state index contributed by atoms with van der Waals surface area (Å²) in [6.45, 7) is 1.70. The van der Waals surface area contributed by atoms with E-state index < -0.39 is 0 Å². The molecule has 0 unspecified atom stereocenters. The molecule has 0 aromatic carbocycles. The second kappa shape index (κ2) is 6.45. The van der Waals surface area contributed by atoms with Crippen LogP contribution in [0.2, 0.25) is 0 Å². The van der Waals surface area contributed by atoms with E-state index in [-0.39, 0.29) is 17.9 Å². The minimum absolute atomic E-state index is 0.0284. The van der Waals surface area contributed by atoms with Gasteiger partial charge >= 0.3 is 0 Å². The predicted molar refractivity (Wildman–Crippen MR) is 97.2 cm³/mol. The molecule has 1 fully saturated rings. The standard InChI is InChI=1S/C18H23N7O/c1-22-10-14(16-9-19-12-23(16)2)15(11-22)21-17(26)13-8-20-24(3)18(13)25-6-4-5-7-25/h4-9,12,14-15H,10-11H2,1-3H3,(H,21,26)/t14-,15-/m1/s1. The average molecular weight is 353 g/mol. The minimum Gasteiger partial charge on any atom is -0.347 e. The Balaban J connectivity index is 1.60. The summed E-state index contributed by atoms with van der Waals surface area (Å²) in [5, 5.41) is 7.50. The first kappa shape index (κ1) is 16.6. The van der Waals surface area contributed by atoms with Crippen molar-refractivity contribution in [2.24, 2.45) is 14.1 Å². The Hall–Kier alpha value is -2.87. The Labute approximate surface area is 152 Å². The summed E-state index contributed by atoms with van der Waals surface area (Å²) in [7, 11) is 5.91. The van der Waals surface area contributed by atoms with Crippen molar-refractivity contribution < 1.29 is 4.79 Å². The van der Waals surface area contributed by atoms with Gasteiger partial charge < -0.3 is 19.4 Å². The van der Waals surface area contributed by atoms with Crippen molar-refractivity contribution >= 4 is 5.91 Å². The average Bonchev–Trinajstić information content (AvgIpc) is 3.35. The quantitative estimate of drug-likeness (QED) is 0.752. The molecule has 8 heteroatoms. The van der Waals surface area contributed by atoms with Gasteiger partial charge in [0.15, 0.2) is 0 Å². The topological polar surface area (TPSA) is 72.9 Å². The van der Waals surface area contributed by atoms with Crippen LogP contribution in [-0.4, -0.2) is 60.9 Å². The summed E-state index contributed by atoms with van der Waals surface area (Å²) < 4.78 is 5.65. The van der Waals surface area contributed by atoms with Crippen molar-refractivity contribution in [2.75, 3.05) is 20.1 Å². The van der Waals surface area contributed by atoms with Gasteiger partial charge in [-0.15, -0.1) is 0 Å². The van der Waals surface area contributed by atoms with E-state index in [0.29, 0.717) is 5.56 Å². The SMILES string of the molecule is CN1C[C@@H](NC(=O)c2cnn(C)c2-n2cccc2)[C@H](c2cncn2C)C1. The van der Waals surface area contributed by atoms with Gasteiger partial charge in [-0.25, -0.2) is 4.98 Å². The molecule has 3 aromatic rings. The highest BCUT2D eigenvalue weighted by molar-refractivity contribution is 5.97. The first-order valence-corrected chi connectivity index (χ1v) is 8.65. The van der Waals surface area contributed by atoms with Crippen LogP contribution in [0.25, 0.3) is 5.82 Å². The van der Waals surface area contributed by atoms with Gasteiger partial charge in [-0.05, 0) is 19.2 Å². The van der Waals surface area contributed by atoms with Gasteiger partial charge in [0, 0.05) is 57.4 Å². The number of aryl methyl sites for hydroxylation is 2. The third-order valence-corrected chi connectivity index (χ3v) is 5.05. The largest absolute Gasteiger partial charge is 0.347 e. The van der Waals surface area contributed by atoms with Crippen molar-refractivity contribution in [1.82, 2.24) is 34.1 Å². The van der Waals surface area contributed by atoms with Crippen LogP contribution in [0.1, 0.15) is 22.0 Å². The molecule has 0 radical (unpaired) electrons. The number of carbonyl (C=O) groups excluding carboxylic acids is 1. The zero-order chi connectivity index (χ0) is 18.3. The van der Waals surface area contributed by atoms with E-state index in [1.165, 1.54) is 0 Å². The molecular weight excluding hydrogens is 330 g/mol. The summed E-state index contributed by atoms with van der Waals surface area (Å²) in [5.41, 5.74) is 1.71. The summed E-state index contributed by atoms with van der Waals surface area (Å²) in [6, 6.07) is 3.89. The van der Waals surface area contributed by atoms with Crippen molar-refractivity contribution in [3.05, 3.63) is 54.5 Å². The molecule has 0 spiro atoms. The van der Waals surface area contributed by atoms with Gasteiger partial charge in [-0.2, -0.15) is 5.10 Å². The van der Waals surface area contributed by atoms with Gasteiger partial charge in [0.1, 0.15) is 11.4 Å². The van der Waals surface area contributed by atoms with Crippen LogP contribution in [0.5, 0.6) is 0 Å². The monoisotopic (exact) mass is 353 g/mol. The zero-order valence-electron chi connectivity index (χ0n) is 15.2. The molecule has 1 aliphatic heterocycles. The van der Waals surface area contributed by atoms with Crippen molar-refractivity contribution in [3.63, 3.8) is 0 Å². The minimum atomic E-state index is -0.103. The number of likely N-dealkylation sites (tertiary alicyclic amines) is 1. The van der Waals surface area contributed by atoms with Crippen molar-refractivity contribution in [2.45, 2.75) is 12.0 Å². The van der Waals surface area contributed by atoms with E-state index >= 15 is 0 Å². The van der Waals surface area contributed by atoms with Crippen LogP contribution in [0.4, 0.5) is 0 Å². The maximum atomic E-state index is 13.0. The van der Waals surface area contributed by atoms with E-state index in [4.69, 9.17) is 0 Å². The van der Waals surface area contributed by atoms with Crippen molar-refractivity contribution in [1.29, 1.82) is 0 Å². The smallest absolute Gasteiger partial charge is 0.256 e. The number of likely N-dealkylation sites (N-methyl/N-ethyl adjacent to an activating group) is 1. The van der Waals surface area contributed by atoms with Crippen LogP contribution in [-0.2, 0) is 14.1 Å². The maximum Gasteiger partial charge on any atom is 0.256 e. The number of hydrogen-bond donors (Lipinski definition) is 1. The number of nitrogens with one attached hydrogen (secondary N) is 1. The van der Waals surface area contributed by atoms with Gasteiger partial charge in [0.2, 0.25) is 0 Å². The molecule has 2 atom stereocenters. The molecule has 8 nitrogen and oxygen atoms in total. The molecule has 1 aliphatic rings. The van der Waals surface area contributed by atoms with Crippen LogP contribution in [0.3, 0.4) is 0 Å². The van der Waals surface area contributed by atoms with E-state index in [2.05, 4.69) is 27.3 Å². The maximum absolute atomic E-state index is 13.0. The lowest BCUT2D eigenvalue weighted by molar-refractivity contribution is 0.0935. The number of aromatic nitrogens is 5. The molecule has 1 N–H and O–H groups in total. The Morgan fingerprint density at radius 2 is 1.92 bits per heavy atom. The third kappa shape index (κ3) is 2.82. The molecule has 26 heavy (non-hydrogen) atoms. The highest BCUT2D eigenvalue weighted by atomic mass is 16.1. The molecule has 0 aliphatic carbocycles. The molecular formula is C18H23N7O. The van der Waals surface area contributed by atoms with E-state index in [1.807, 2.05) is 54.0 Å². The molecule has 4 rings (SSSR count). The molecule has 4 heterocycles. The molecule has 3 aromatic heterocycles. The molecule has 136 valence electrons. The summed E-state index contributed by atoms with van der Waals surface area (Å²) in [6.07, 6.45) is 9.14. The first-order valence-electron chi connectivity index (χ1n) is 8.65. The lowest BCUT2D eigenvalue weighted by atomic mass is 10.00. The second-order valence-corrected chi connectivity index (χ2v) is 6.93. The lowest BCUT2D eigenvalue weighted by Gasteiger charge is -2.20. The third-order valence-electron chi connectivity index (χ3n) is 5.05. The Morgan fingerprint density at radius 3 is 2.62 bits per heavy atom. The molecule has 1 amide bonds. The number of rotatable bonds is 4. The fraction of sp³-hybridized carbons (Fsp3) is 0.389. The van der Waals surface area contributed by atoms with Crippen LogP contribution in [0, 0.1) is 0 Å². The Kier molecular flexibility index (Phi) is 4.12. The predicted octanol–water partition coefficient (Wildman–Crippen LogP) is 0.772. The highest BCUT2D eigenvalue weighted by Gasteiger charge is 2.35.